The Morgan fingerprint density at radius 1 is 1.21 bits per heavy atom. The Morgan fingerprint density at radius 2 is 2.05 bits per heavy atom. The normalized spacial score (nSPS) is 19.8. The van der Waals surface area contributed by atoms with Gasteiger partial charge < -0.3 is 10.5 Å². The molecule has 1 aliphatic heterocycles. The first kappa shape index (κ1) is 14.1. The molecule has 1 aromatic carbocycles. The van der Waals surface area contributed by atoms with Crippen LogP contribution in [-0.2, 0) is 11.3 Å². The zero-order chi connectivity index (χ0) is 13.3. The average Bonchev–Trinajstić information content (AvgIpc) is 2.64. The molecule has 1 aliphatic rings. The van der Waals surface area contributed by atoms with Crippen molar-refractivity contribution in [2.75, 3.05) is 6.61 Å². The van der Waals surface area contributed by atoms with Gasteiger partial charge in [-0.2, -0.15) is 0 Å². The van der Waals surface area contributed by atoms with E-state index in [1.54, 1.807) is 0 Å². The van der Waals surface area contributed by atoms with E-state index >= 15 is 0 Å². The molecule has 19 heavy (non-hydrogen) atoms. The van der Waals surface area contributed by atoms with Gasteiger partial charge in [0.2, 0.25) is 0 Å². The number of ether oxygens (including phenoxy) is 1. The maximum atomic E-state index is 5.85. The van der Waals surface area contributed by atoms with Gasteiger partial charge in [-0.25, -0.2) is 0 Å². The number of benzene rings is 1. The fraction of sp³-hybridized carbons (Fsp3) is 0.562. The Hall–Kier alpha value is -1.35. The van der Waals surface area contributed by atoms with Crippen molar-refractivity contribution in [3.63, 3.8) is 0 Å². The second-order valence-electron chi connectivity index (χ2n) is 5.20. The van der Waals surface area contributed by atoms with Gasteiger partial charge in [-0.1, -0.05) is 36.8 Å². The lowest BCUT2D eigenvalue weighted by atomic mass is 10.1. The highest BCUT2D eigenvalue weighted by atomic mass is 16.5. The lowest BCUT2D eigenvalue weighted by molar-refractivity contribution is 0.116. The second kappa shape index (κ2) is 7.95. The van der Waals surface area contributed by atoms with Crippen LogP contribution in [-0.4, -0.2) is 18.5 Å². The van der Waals surface area contributed by atoms with Gasteiger partial charge in [-0.15, -0.1) is 0 Å². The maximum Gasteiger partial charge on any atom is 0.0940 e. The molecule has 0 spiro atoms. The molecule has 1 heterocycles. The summed E-state index contributed by atoms with van der Waals surface area (Å²) in [5, 5.41) is 0. The van der Waals surface area contributed by atoms with Crippen molar-refractivity contribution >= 4 is 5.84 Å². The number of amidine groups is 1. The summed E-state index contributed by atoms with van der Waals surface area (Å²) in [6.45, 7) is 1.51. The van der Waals surface area contributed by atoms with Gasteiger partial charge in [0, 0.05) is 13.0 Å². The van der Waals surface area contributed by atoms with Crippen molar-refractivity contribution in [2.24, 2.45) is 10.7 Å². The topological polar surface area (TPSA) is 47.6 Å². The summed E-state index contributed by atoms with van der Waals surface area (Å²) in [4.78, 5) is 4.57. The minimum absolute atomic E-state index is 0.419. The third-order valence-corrected chi connectivity index (χ3v) is 3.51. The quantitative estimate of drug-likeness (QED) is 0.798. The first-order valence-corrected chi connectivity index (χ1v) is 7.28. The van der Waals surface area contributed by atoms with E-state index in [-0.39, 0.29) is 0 Å². The van der Waals surface area contributed by atoms with Crippen LogP contribution in [0.2, 0.25) is 0 Å². The molecule has 0 radical (unpaired) electrons. The maximum absolute atomic E-state index is 5.85. The fourth-order valence-corrected chi connectivity index (χ4v) is 2.44. The summed E-state index contributed by atoms with van der Waals surface area (Å²) >= 11 is 0. The molecule has 3 nitrogen and oxygen atoms in total. The molecule has 0 saturated heterocycles. The molecular formula is C16H24N2O. The van der Waals surface area contributed by atoms with E-state index < -0.39 is 0 Å². The van der Waals surface area contributed by atoms with Gasteiger partial charge in [0.05, 0.1) is 18.5 Å². The first-order chi connectivity index (χ1) is 9.34. The van der Waals surface area contributed by atoms with Gasteiger partial charge in [0.15, 0.2) is 0 Å². The number of hydrogen-bond acceptors (Lipinski definition) is 3. The van der Waals surface area contributed by atoms with Gasteiger partial charge in [0.25, 0.3) is 0 Å². The molecule has 0 aromatic heterocycles. The molecule has 0 bridgehead atoms. The fourth-order valence-electron chi connectivity index (χ4n) is 2.44. The molecule has 0 amide bonds. The van der Waals surface area contributed by atoms with Crippen molar-refractivity contribution in [1.29, 1.82) is 0 Å². The summed E-state index contributed by atoms with van der Waals surface area (Å²) in [6.07, 6.45) is 6.75. The van der Waals surface area contributed by atoms with E-state index in [0.29, 0.717) is 12.6 Å². The number of hydrogen-bond donors (Lipinski definition) is 1. The van der Waals surface area contributed by atoms with E-state index in [2.05, 4.69) is 17.1 Å². The summed E-state index contributed by atoms with van der Waals surface area (Å²) in [5.41, 5.74) is 7.09. The van der Waals surface area contributed by atoms with Gasteiger partial charge >= 0.3 is 0 Å². The molecule has 0 aliphatic carbocycles. The van der Waals surface area contributed by atoms with Crippen LogP contribution in [0.5, 0.6) is 0 Å². The molecule has 2 N–H and O–H groups in total. The van der Waals surface area contributed by atoms with E-state index in [4.69, 9.17) is 10.5 Å². The Morgan fingerprint density at radius 3 is 2.89 bits per heavy atom. The standard InChI is InChI=1S/C16H24N2O/c17-16-11-5-4-9-15(18-16)10-6-12-19-13-14-7-2-1-3-8-14/h1-3,7-8,15H,4-6,9-13H2,(H2,17,18). The molecule has 1 unspecified atom stereocenters. The van der Waals surface area contributed by atoms with Crippen LogP contribution in [0.4, 0.5) is 0 Å². The van der Waals surface area contributed by atoms with Crippen molar-refractivity contribution < 1.29 is 4.74 Å². The molecule has 104 valence electrons. The Bertz CT molecular complexity index is 389. The number of rotatable bonds is 6. The van der Waals surface area contributed by atoms with Crippen molar-refractivity contribution in [3.05, 3.63) is 35.9 Å². The third-order valence-electron chi connectivity index (χ3n) is 3.51. The third kappa shape index (κ3) is 5.43. The smallest absolute Gasteiger partial charge is 0.0940 e. The summed E-state index contributed by atoms with van der Waals surface area (Å²) in [6, 6.07) is 10.7. The molecule has 1 atom stereocenters. The van der Waals surface area contributed by atoms with Crippen LogP contribution >= 0.6 is 0 Å². The van der Waals surface area contributed by atoms with Gasteiger partial charge in [-0.05, 0) is 31.2 Å². The van der Waals surface area contributed by atoms with E-state index in [9.17, 15) is 0 Å². The SMILES string of the molecule is NC1=NC(CCCOCc2ccccc2)CCCC1. The van der Waals surface area contributed by atoms with Crippen LogP contribution in [0.15, 0.2) is 35.3 Å². The van der Waals surface area contributed by atoms with E-state index in [1.165, 1.54) is 24.8 Å². The van der Waals surface area contributed by atoms with Crippen LogP contribution in [0.1, 0.15) is 44.1 Å². The first-order valence-electron chi connectivity index (χ1n) is 7.28. The minimum Gasteiger partial charge on any atom is -0.387 e. The highest BCUT2D eigenvalue weighted by Gasteiger charge is 2.11. The number of aliphatic imine (C=N–C) groups is 1. The largest absolute Gasteiger partial charge is 0.387 e. The molecule has 0 saturated carbocycles. The molecule has 0 fully saturated rings. The number of nitrogens with two attached hydrogens (primary N) is 1. The van der Waals surface area contributed by atoms with Crippen molar-refractivity contribution in [2.45, 2.75) is 51.2 Å². The molecule has 3 heteroatoms. The minimum atomic E-state index is 0.419. The van der Waals surface area contributed by atoms with Gasteiger partial charge in [-0.3, -0.25) is 4.99 Å². The van der Waals surface area contributed by atoms with E-state index in [0.717, 1.165) is 31.7 Å². The lowest BCUT2D eigenvalue weighted by Gasteiger charge is -2.10. The molecule has 1 aromatic rings. The van der Waals surface area contributed by atoms with Crippen LogP contribution in [0.25, 0.3) is 0 Å². The summed E-state index contributed by atoms with van der Waals surface area (Å²) in [7, 11) is 0. The zero-order valence-electron chi connectivity index (χ0n) is 11.6. The van der Waals surface area contributed by atoms with Crippen molar-refractivity contribution in [3.8, 4) is 0 Å². The average molecular weight is 260 g/mol. The predicted octanol–water partition coefficient (Wildman–Crippen LogP) is 3.28. The number of nitrogens with zero attached hydrogens (tertiary/aromatic N) is 1. The predicted molar refractivity (Wildman–Crippen MR) is 79.2 cm³/mol. The Labute approximate surface area is 115 Å². The highest BCUT2D eigenvalue weighted by Crippen LogP contribution is 2.16. The van der Waals surface area contributed by atoms with Crippen LogP contribution < -0.4 is 5.73 Å². The zero-order valence-corrected chi connectivity index (χ0v) is 11.6. The Kier molecular flexibility index (Phi) is 5.89. The monoisotopic (exact) mass is 260 g/mol. The highest BCUT2D eigenvalue weighted by molar-refractivity contribution is 5.80. The van der Waals surface area contributed by atoms with E-state index in [1.807, 2.05) is 18.2 Å². The van der Waals surface area contributed by atoms with Gasteiger partial charge in [0.1, 0.15) is 0 Å². The lowest BCUT2D eigenvalue weighted by Crippen LogP contribution is -2.14. The Balaban J connectivity index is 1.60. The van der Waals surface area contributed by atoms with Crippen LogP contribution in [0.3, 0.4) is 0 Å². The van der Waals surface area contributed by atoms with Crippen LogP contribution in [0, 0.1) is 0 Å². The summed E-state index contributed by atoms with van der Waals surface area (Å²) in [5.74, 6) is 0.840. The molecule has 2 rings (SSSR count). The molecular weight excluding hydrogens is 236 g/mol. The van der Waals surface area contributed by atoms with Crippen molar-refractivity contribution in [1.82, 2.24) is 0 Å². The second-order valence-corrected chi connectivity index (χ2v) is 5.20. The summed E-state index contributed by atoms with van der Waals surface area (Å²) < 4.78 is 5.69.